The minimum absolute atomic E-state index is 0.104. The summed E-state index contributed by atoms with van der Waals surface area (Å²) in [5.74, 6) is -11.6. The van der Waals surface area contributed by atoms with Crippen molar-refractivity contribution >= 4 is 34.8 Å². The zero-order chi connectivity index (χ0) is 22.4. The number of hydrogen-bond acceptors (Lipinski definition) is 2. The first-order valence-corrected chi connectivity index (χ1v) is 8.42. The maximum absolute atomic E-state index is 13.9. The van der Waals surface area contributed by atoms with Gasteiger partial charge in [-0.1, -0.05) is 23.2 Å². The highest BCUT2D eigenvalue weighted by atomic mass is 35.5. The van der Waals surface area contributed by atoms with Crippen LogP contribution >= 0.6 is 23.2 Å². The van der Waals surface area contributed by atoms with Crippen LogP contribution in [0.25, 0.3) is 11.3 Å². The predicted molar refractivity (Wildman–Crippen MR) is 93.3 cm³/mol. The number of carbonyl (C=O) groups is 1. The Bertz CT molecular complexity index is 1130. The number of aromatic amines is 1. The summed E-state index contributed by atoms with van der Waals surface area (Å²) >= 11 is 11.8. The molecule has 4 nitrogen and oxygen atoms in total. The SMILES string of the molecule is O=C(Nc1c(F)c(F)c(C(F)(F)F)c(F)c1F)c1cc(-c2ccc(Cl)cc2Cl)n[nH]1. The first-order valence-electron chi connectivity index (χ1n) is 7.67. The molecule has 158 valence electrons. The molecule has 0 bridgehead atoms. The summed E-state index contributed by atoms with van der Waals surface area (Å²) in [6.45, 7) is 0. The van der Waals surface area contributed by atoms with E-state index in [1.54, 1.807) is 0 Å². The van der Waals surface area contributed by atoms with Crippen molar-refractivity contribution < 1.29 is 35.5 Å². The summed E-state index contributed by atoms with van der Waals surface area (Å²) in [6, 6.07) is 5.39. The molecular weight excluding hydrogens is 466 g/mol. The Hall–Kier alpha value is -2.79. The second-order valence-electron chi connectivity index (χ2n) is 5.75. The van der Waals surface area contributed by atoms with E-state index in [4.69, 9.17) is 23.2 Å². The van der Waals surface area contributed by atoms with Crippen molar-refractivity contribution in [2.24, 2.45) is 0 Å². The molecule has 2 aromatic carbocycles. The van der Waals surface area contributed by atoms with Crippen LogP contribution in [0, 0.1) is 23.3 Å². The Morgan fingerprint density at radius 1 is 0.967 bits per heavy atom. The first-order chi connectivity index (χ1) is 13.9. The average Bonchev–Trinajstić information content (AvgIpc) is 3.12. The van der Waals surface area contributed by atoms with E-state index >= 15 is 0 Å². The number of rotatable bonds is 3. The maximum atomic E-state index is 13.9. The fraction of sp³-hybridized carbons (Fsp3) is 0.0588. The molecule has 0 aliphatic rings. The number of hydrogen-bond donors (Lipinski definition) is 2. The average molecular weight is 472 g/mol. The van der Waals surface area contributed by atoms with Crippen molar-refractivity contribution in [1.29, 1.82) is 0 Å². The summed E-state index contributed by atoms with van der Waals surface area (Å²) in [5.41, 5.74) is -4.50. The lowest BCUT2D eigenvalue weighted by molar-refractivity contribution is -0.143. The Labute approximate surface area is 172 Å². The molecule has 2 N–H and O–H groups in total. The van der Waals surface area contributed by atoms with Gasteiger partial charge in [0.25, 0.3) is 5.91 Å². The van der Waals surface area contributed by atoms with Crippen molar-refractivity contribution in [2.45, 2.75) is 6.18 Å². The van der Waals surface area contributed by atoms with Gasteiger partial charge in [-0.15, -0.1) is 0 Å². The third-order valence-corrected chi connectivity index (χ3v) is 4.36. The van der Waals surface area contributed by atoms with Crippen LogP contribution < -0.4 is 5.32 Å². The van der Waals surface area contributed by atoms with Crippen LogP contribution in [0.1, 0.15) is 16.1 Å². The topological polar surface area (TPSA) is 57.8 Å². The van der Waals surface area contributed by atoms with Crippen LogP contribution in [-0.4, -0.2) is 16.1 Å². The van der Waals surface area contributed by atoms with E-state index in [9.17, 15) is 35.5 Å². The number of aromatic nitrogens is 2. The quantitative estimate of drug-likeness (QED) is 0.352. The number of nitrogens with one attached hydrogen (secondary N) is 2. The Balaban J connectivity index is 1.95. The molecule has 3 aromatic rings. The number of alkyl halides is 3. The van der Waals surface area contributed by atoms with E-state index in [0.29, 0.717) is 10.6 Å². The number of nitrogens with zero attached hydrogens (tertiary/aromatic N) is 1. The van der Waals surface area contributed by atoms with Gasteiger partial charge in [-0.3, -0.25) is 9.89 Å². The van der Waals surface area contributed by atoms with Crippen LogP contribution in [0.4, 0.5) is 36.4 Å². The van der Waals surface area contributed by atoms with E-state index in [1.165, 1.54) is 23.5 Å². The lowest BCUT2D eigenvalue weighted by Crippen LogP contribution is -2.20. The standard InChI is InChI=1S/C17H6Cl2F7N3O/c18-5-1-2-6(7(19)3-5)8-4-9(29-28-8)16(30)27-15-13(22)11(20)10(17(24,25)26)12(21)14(15)23/h1-4H,(H,27,30)(H,28,29). The smallest absolute Gasteiger partial charge is 0.316 e. The largest absolute Gasteiger partial charge is 0.422 e. The molecule has 3 rings (SSSR count). The molecule has 0 spiro atoms. The fourth-order valence-corrected chi connectivity index (χ4v) is 2.95. The first kappa shape index (κ1) is 21.9. The molecule has 0 radical (unpaired) electrons. The Morgan fingerprint density at radius 3 is 2.10 bits per heavy atom. The Kier molecular flexibility index (Phi) is 5.70. The summed E-state index contributed by atoms with van der Waals surface area (Å²) in [5, 5.41) is 7.93. The van der Waals surface area contributed by atoms with Gasteiger partial charge >= 0.3 is 6.18 Å². The van der Waals surface area contributed by atoms with Crippen molar-refractivity contribution in [3.63, 3.8) is 0 Å². The number of carbonyl (C=O) groups excluding carboxylic acids is 1. The molecule has 0 saturated heterocycles. The normalized spacial score (nSPS) is 11.6. The highest BCUT2D eigenvalue weighted by Crippen LogP contribution is 2.38. The molecule has 0 aliphatic heterocycles. The second-order valence-corrected chi connectivity index (χ2v) is 6.59. The van der Waals surface area contributed by atoms with E-state index in [1.807, 2.05) is 0 Å². The van der Waals surface area contributed by atoms with Crippen molar-refractivity contribution in [2.75, 3.05) is 5.32 Å². The molecule has 1 aromatic heterocycles. The van der Waals surface area contributed by atoms with Crippen LogP contribution in [0.15, 0.2) is 24.3 Å². The third kappa shape index (κ3) is 3.94. The third-order valence-electron chi connectivity index (χ3n) is 3.81. The number of halogens is 9. The molecule has 30 heavy (non-hydrogen) atoms. The van der Waals surface area contributed by atoms with Gasteiger partial charge in [-0.25, -0.2) is 17.6 Å². The highest BCUT2D eigenvalue weighted by Gasteiger charge is 2.42. The number of anilines is 1. The molecule has 1 heterocycles. The Morgan fingerprint density at radius 2 is 1.57 bits per heavy atom. The van der Waals surface area contributed by atoms with Crippen LogP contribution in [0.5, 0.6) is 0 Å². The van der Waals surface area contributed by atoms with E-state index in [2.05, 4.69) is 10.2 Å². The maximum Gasteiger partial charge on any atom is 0.422 e. The lowest BCUT2D eigenvalue weighted by Gasteiger charge is -2.14. The number of benzene rings is 2. The minimum Gasteiger partial charge on any atom is -0.316 e. The number of amides is 1. The van der Waals surface area contributed by atoms with E-state index < -0.39 is 52.3 Å². The van der Waals surface area contributed by atoms with Crippen LogP contribution in [-0.2, 0) is 6.18 Å². The minimum atomic E-state index is -5.70. The second kappa shape index (κ2) is 7.80. The molecule has 0 fully saturated rings. The summed E-state index contributed by atoms with van der Waals surface area (Å²) < 4.78 is 93.0. The van der Waals surface area contributed by atoms with Crippen molar-refractivity contribution in [1.82, 2.24) is 10.2 Å². The van der Waals surface area contributed by atoms with Gasteiger partial charge in [0.2, 0.25) is 0 Å². The lowest BCUT2D eigenvalue weighted by atomic mass is 10.1. The zero-order valence-corrected chi connectivity index (χ0v) is 15.6. The zero-order valence-electron chi connectivity index (χ0n) is 14.1. The van der Waals surface area contributed by atoms with Crippen molar-refractivity contribution in [3.8, 4) is 11.3 Å². The molecule has 0 atom stereocenters. The van der Waals surface area contributed by atoms with Crippen LogP contribution in [0.2, 0.25) is 10.0 Å². The summed E-state index contributed by atoms with van der Waals surface area (Å²) in [6.07, 6.45) is -5.70. The van der Waals surface area contributed by atoms with Gasteiger partial charge in [0.1, 0.15) is 16.9 Å². The fourth-order valence-electron chi connectivity index (χ4n) is 2.44. The van der Waals surface area contributed by atoms with E-state index in [-0.39, 0.29) is 10.7 Å². The van der Waals surface area contributed by atoms with Crippen LogP contribution in [0.3, 0.4) is 0 Å². The van der Waals surface area contributed by atoms with Gasteiger partial charge in [0, 0.05) is 10.6 Å². The van der Waals surface area contributed by atoms with E-state index in [0.717, 1.165) is 6.07 Å². The molecule has 0 saturated carbocycles. The molecule has 13 heteroatoms. The van der Waals surface area contributed by atoms with Gasteiger partial charge in [-0.2, -0.15) is 18.3 Å². The summed E-state index contributed by atoms with van der Waals surface area (Å²) in [4.78, 5) is 12.2. The summed E-state index contributed by atoms with van der Waals surface area (Å²) in [7, 11) is 0. The molecule has 1 amide bonds. The van der Waals surface area contributed by atoms with Gasteiger partial charge in [-0.05, 0) is 24.3 Å². The van der Waals surface area contributed by atoms with Gasteiger partial charge in [0.15, 0.2) is 23.3 Å². The molecular formula is C17H6Cl2F7N3O. The molecule has 0 unspecified atom stereocenters. The predicted octanol–water partition coefficient (Wildman–Crippen LogP) is 6.21. The number of H-pyrrole nitrogens is 1. The van der Waals surface area contributed by atoms with Crippen molar-refractivity contribution in [3.05, 3.63) is 68.8 Å². The van der Waals surface area contributed by atoms with Gasteiger partial charge in [0.05, 0.1) is 10.7 Å². The monoisotopic (exact) mass is 471 g/mol. The molecule has 0 aliphatic carbocycles. The highest BCUT2D eigenvalue weighted by molar-refractivity contribution is 6.36. The van der Waals surface area contributed by atoms with Gasteiger partial charge < -0.3 is 5.32 Å².